The molecule has 0 amide bonds. The van der Waals surface area contributed by atoms with E-state index in [9.17, 15) is 4.79 Å². The van der Waals surface area contributed by atoms with Crippen molar-refractivity contribution in [3.05, 3.63) is 28.3 Å². The minimum Gasteiger partial charge on any atom is -1.00 e. The van der Waals surface area contributed by atoms with Gasteiger partial charge in [-0.25, -0.2) is 0 Å². The Morgan fingerprint density at radius 1 is 1.47 bits per heavy atom. The molecule has 2 heterocycles. The van der Waals surface area contributed by atoms with Crippen LogP contribution in [-0.4, -0.2) is 43.2 Å². The van der Waals surface area contributed by atoms with Crippen molar-refractivity contribution in [1.82, 2.24) is 4.90 Å². The predicted octanol–water partition coefficient (Wildman–Crippen LogP) is -4.32. The van der Waals surface area contributed by atoms with Crippen LogP contribution in [-0.2, 0) is 6.54 Å². The number of rotatable bonds is 2. The van der Waals surface area contributed by atoms with E-state index in [1.165, 1.54) is 11.0 Å². The summed E-state index contributed by atoms with van der Waals surface area (Å²) < 4.78 is 5.17. The monoisotopic (exact) mass is 304 g/mol. The van der Waals surface area contributed by atoms with Crippen LogP contribution in [0, 0.1) is 0 Å². The van der Waals surface area contributed by atoms with E-state index in [0.717, 1.165) is 32.4 Å². The van der Waals surface area contributed by atoms with Crippen molar-refractivity contribution in [3.63, 3.8) is 0 Å². The third-order valence-electron chi connectivity index (χ3n) is 2.96. The number of nitrogens with zero attached hydrogens (tertiary/aromatic N) is 1. The van der Waals surface area contributed by atoms with Crippen LogP contribution in [0.3, 0.4) is 0 Å². The van der Waals surface area contributed by atoms with Crippen molar-refractivity contribution >= 4 is 0 Å². The minimum absolute atomic E-state index is 0. The molecule has 96 valence electrons. The first kappa shape index (κ1) is 14.2. The Balaban J connectivity index is 0.00000144. The number of nitrogens with one attached hydrogen (secondary N) is 1. The quantitative estimate of drug-likeness (QED) is 0.580. The van der Waals surface area contributed by atoms with Gasteiger partial charge in [0.15, 0.2) is 5.75 Å². The summed E-state index contributed by atoms with van der Waals surface area (Å²) in [5, 5.41) is 9.06. The number of likely N-dealkylation sites (N-methyl/N-ethyl adjacent to an activating group) is 1. The maximum absolute atomic E-state index is 11.2. The van der Waals surface area contributed by atoms with Crippen LogP contribution in [0.1, 0.15) is 5.76 Å². The summed E-state index contributed by atoms with van der Waals surface area (Å²) in [5.74, 6) is 0.286. The highest BCUT2D eigenvalue weighted by atomic mass is 79.9. The molecule has 1 aliphatic rings. The van der Waals surface area contributed by atoms with E-state index in [2.05, 4.69) is 11.9 Å². The second kappa shape index (κ2) is 6.18. The fraction of sp³-hybridized carbons (Fsp3) is 0.545. The van der Waals surface area contributed by atoms with Crippen LogP contribution >= 0.6 is 0 Å². The van der Waals surface area contributed by atoms with E-state index in [1.54, 1.807) is 0 Å². The summed E-state index contributed by atoms with van der Waals surface area (Å²) in [5.41, 5.74) is -0.374. The van der Waals surface area contributed by atoms with Crippen LogP contribution in [0.4, 0.5) is 0 Å². The first-order valence-electron chi connectivity index (χ1n) is 5.49. The second-order valence-corrected chi connectivity index (χ2v) is 4.33. The molecule has 1 fully saturated rings. The summed E-state index contributed by atoms with van der Waals surface area (Å²) in [4.78, 5) is 15.0. The summed E-state index contributed by atoms with van der Waals surface area (Å²) >= 11 is 0. The molecule has 0 aromatic carbocycles. The molecule has 1 aromatic heterocycles. The molecule has 1 aliphatic heterocycles. The van der Waals surface area contributed by atoms with Crippen molar-refractivity contribution in [3.8, 4) is 5.75 Å². The van der Waals surface area contributed by atoms with E-state index in [0.29, 0.717) is 12.3 Å². The van der Waals surface area contributed by atoms with E-state index in [-0.39, 0.29) is 28.2 Å². The third kappa shape index (κ3) is 3.83. The molecule has 2 N–H and O–H groups in total. The Morgan fingerprint density at radius 2 is 2.12 bits per heavy atom. The van der Waals surface area contributed by atoms with Crippen LogP contribution in [0.5, 0.6) is 5.75 Å². The van der Waals surface area contributed by atoms with Crippen molar-refractivity contribution in [2.24, 2.45) is 0 Å². The topological polar surface area (TPSA) is 58.1 Å². The van der Waals surface area contributed by atoms with Crippen molar-refractivity contribution in [2.45, 2.75) is 6.54 Å². The van der Waals surface area contributed by atoms with Crippen LogP contribution < -0.4 is 27.3 Å². The molecule has 2 rings (SSSR count). The summed E-state index contributed by atoms with van der Waals surface area (Å²) in [6.07, 6.45) is 1.11. The molecule has 6 heteroatoms. The summed E-state index contributed by atoms with van der Waals surface area (Å²) in [6.45, 7) is 4.89. The van der Waals surface area contributed by atoms with Gasteiger partial charge in [0.1, 0.15) is 12.0 Å². The molecule has 0 bridgehead atoms. The first-order chi connectivity index (χ1) is 7.65. The van der Waals surface area contributed by atoms with Crippen LogP contribution in [0.2, 0.25) is 0 Å². The van der Waals surface area contributed by atoms with Crippen molar-refractivity contribution in [1.29, 1.82) is 0 Å². The molecule has 0 radical (unpaired) electrons. The van der Waals surface area contributed by atoms with Gasteiger partial charge in [0, 0.05) is 19.2 Å². The van der Waals surface area contributed by atoms with Gasteiger partial charge >= 0.3 is 0 Å². The van der Waals surface area contributed by atoms with Gasteiger partial charge < -0.3 is 31.4 Å². The lowest BCUT2D eigenvalue weighted by atomic mass is 10.3. The molecular formula is C11H17BrN2O3. The lowest BCUT2D eigenvalue weighted by Gasteiger charge is -2.29. The van der Waals surface area contributed by atoms with Gasteiger partial charge in [-0.3, -0.25) is 9.69 Å². The van der Waals surface area contributed by atoms with E-state index in [1.807, 2.05) is 0 Å². The Morgan fingerprint density at radius 3 is 2.71 bits per heavy atom. The maximum atomic E-state index is 11.2. The second-order valence-electron chi connectivity index (χ2n) is 4.33. The van der Waals surface area contributed by atoms with Crippen molar-refractivity contribution < 1.29 is 31.4 Å². The third-order valence-corrected chi connectivity index (χ3v) is 2.96. The maximum Gasteiger partial charge on any atom is 0.226 e. The van der Waals surface area contributed by atoms with E-state index < -0.39 is 0 Å². The van der Waals surface area contributed by atoms with Gasteiger partial charge in [0.25, 0.3) is 0 Å². The van der Waals surface area contributed by atoms with Gasteiger partial charge in [-0.2, -0.15) is 0 Å². The standard InChI is InChI=1S/C11H16N2O3.BrH/c1-12-2-4-13(5-3-12)7-9-6-10(14)11(15)8-16-9;/h6,8,15H,2-5,7H2,1H3;1H. The molecule has 1 aromatic rings. The van der Waals surface area contributed by atoms with Crippen LogP contribution in [0.15, 0.2) is 21.5 Å². The molecule has 0 aliphatic carbocycles. The molecule has 0 atom stereocenters. The Labute approximate surface area is 110 Å². The van der Waals surface area contributed by atoms with Gasteiger partial charge in [-0.1, -0.05) is 0 Å². The minimum atomic E-state index is -0.374. The Hall–Kier alpha value is -0.850. The molecule has 5 nitrogen and oxygen atoms in total. The summed E-state index contributed by atoms with van der Waals surface area (Å²) in [6, 6.07) is 1.36. The number of halogens is 1. The zero-order valence-electron chi connectivity index (χ0n) is 9.78. The van der Waals surface area contributed by atoms with E-state index in [4.69, 9.17) is 9.52 Å². The lowest BCUT2D eigenvalue weighted by Crippen LogP contribution is -3.11. The predicted molar refractivity (Wildman–Crippen MR) is 58.5 cm³/mol. The smallest absolute Gasteiger partial charge is 0.226 e. The largest absolute Gasteiger partial charge is 1.00 e. The molecule has 17 heavy (non-hydrogen) atoms. The highest BCUT2D eigenvalue weighted by Crippen LogP contribution is 2.06. The number of hydrogen-bond donors (Lipinski definition) is 2. The fourth-order valence-electron chi connectivity index (χ4n) is 1.84. The average molecular weight is 305 g/mol. The zero-order valence-corrected chi connectivity index (χ0v) is 11.4. The Bertz CT molecular complexity index is 413. The number of quaternary nitrogens is 1. The number of aromatic hydroxyl groups is 1. The summed E-state index contributed by atoms with van der Waals surface area (Å²) in [7, 11) is 2.18. The molecule has 0 unspecified atom stereocenters. The van der Waals surface area contributed by atoms with Gasteiger partial charge in [-0.15, -0.1) is 0 Å². The zero-order chi connectivity index (χ0) is 11.5. The van der Waals surface area contributed by atoms with Gasteiger partial charge in [0.05, 0.1) is 26.7 Å². The van der Waals surface area contributed by atoms with Gasteiger partial charge in [0.2, 0.25) is 5.43 Å². The number of piperazine rings is 1. The molecule has 0 spiro atoms. The number of hydrogen-bond acceptors (Lipinski definition) is 4. The van der Waals surface area contributed by atoms with Gasteiger partial charge in [-0.05, 0) is 0 Å². The lowest BCUT2D eigenvalue weighted by molar-refractivity contribution is -0.884. The average Bonchev–Trinajstić information content (AvgIpc) is 2.27. The highest BCUT2D eigenvalue weighted by Gasteiger charge is 2.17. The normalized spacial score (nSPS) is 17.7. The van der Waals surface area contributed by atoms with Crippen LogP contribution in [0.25, 0.3) is 0 Å². The Kier molecular flexibility index (Phi) is 5.17. The highest BCUT2D eigenvalue weighted by molar-refractivity contribution is 5.15. The first-order valence-corrected chi connectivity index (χ1v) is 5.49. The van der Waals surface area contributed by atoms with E-state index >= 15 is 0 Å². The SMILES string of the molecule is C[NH+]1CCN(Cc2cc(=O)c(O)co2)CC1.[Br-]. The van der Waals surface area contributed by atoms with Crippen molar-refractivity contribution in [2.75, 3.05) is 33.2 Å². The molecular weight excluding hydrogens is 288 g/mol. The fourth-order valence-corrected chi connectivity index (χ4v) is 1.84. The molecule has 1 saturated heterocycles. The molecule has 0 saturated carbocycles.